The van der Waals surface area contributed by atoms with E-state index in [1.165, 1.54) is 38.7 Å². The molecule has 0 radical (unpaired) electrons. The van der Waals surface area contributed by atoms with E-state index in [2.05, 4.69) is 15.0 Å². The number of likely N-dealkylation sites (tertiary alicyclic amines) is 1. The SMILES string of the molecule is COc1ccc(C(=O)N2CCC(c3nc(C(=O)NCc4ccccc4OC(F)F)cs3)CC2)c(OC)c1OC. The molecule has 1 aliphatic rings. The van der Waals surface area contributed by atoms with Crippen LogP contribution in [0.3, 0.4) is 0 Å². The standard InChI is InChI=1S/C27H29F2N3O6S/c1-35-21-9-8-18(22(36-2)23(21)37-3)26(34)32-12-10-16(11-13-32)25-31-19(15-39-25)24(33)30-14-17-6-4-5-7-20(17)38-27(28)29/h4-9,15-16,27H,10-14H2,1-3H3,(H,30,33). The lowest BCUT2D eigenvalue weighted by Crippen LogP contribution is -2.38. The van der Waals surface area contributed by atoms with Crippen LogP contribution in [0.15, 0.2) is 41.8 Å². The highest BCUT2D eigenvalue weighted by Crippen LogP contribution is 2.41. The number of carbonyl (C=O) groups is 2. The van der Waals surface area contributed by atoms with Crippen molar-refractivity contribution in [3.8, 4) is 23.0 Å². The first kappa shape index (κ1) is 28.1. The van der Waals surface area contributed by atoms with Gasteiger partial charge in [-0.25, -0.2) is 4.98 Å². The van der Waals surface area contributed by atoms with E-state index in [9.17, 15) is 18.4 Å². The van der Waals surface area contributed by atoms with Gasteiger partial charge < -0.3 is 29.2 Å². The Bertz CT molecular complexity index is 1310. The van der Waals surface area contributed by atoms with Gasteiger partial charge in [-0.05, 0) is 31.0 Å². The number of piperidine rings is 1. The first-order valence-corrected chi connectivity index (χ1v) is 13.1. The zero-order chi connectivity index (χ0) is 27.9. The third-order valence-corrected chi connectivity index (χ3v) is 7.46. The zero-order valence-electron chi connectivity index (χ0n) is 21.7. The monoisotopic (exact) mass is 561 g/mol. The van der Waals surface area contributed by atoms with E-state index in [1.807, 2.05) is 0 Å². The van der Waals surface area contributed by atoms with Crippen LogP contribution in [0.4, 0.5) is 8.78 Å². The second kappa shape index (κ2) is 12.7. The van der Waals surface area contributed by atoms with Crippen LogP contribution in [0.1, 0.15) is 50.2 Å². The van der Waals surface area contributed by atoms with Crippen molar-refractivity contribution in [2.75, 3.05) is 34.4 Å². The molecule has 2 heterocycles. The molecule has 0 unspecified atom stereocenters. The minimum atomic E-state index is -2.95. The molecule has 208 valence electrons. The number of alkyl halides is 2. The van der Waals surface area contributed by atoms with Gasteiger partial charge in [-0.3, -0.25) is 9.59 Å². The quantitative estimate of drug-likeness (QED) is 0.383. The van der Waals surface area contributed by atoms with Gasteiger partial charge >= 0.3 is 6.61 Å². The van der Waals surface area contributed by atoms with Gasteiger partial charge in [0.1, 0.15) is 11.4 Å². The number of methoxy groups -OCH3 is 3. The normalized spacial score (nSPS) is 13.7. The van der Waals surface area contributed by atoms with E-state index >= 15 is 0 Å². The predicted octanol–water partition coefficient (Wildman–Crippen LogP) is 4.72. The number of hydrogen-bond acceptors (Lipinski definition) is 8. The highest BCUT2D eigenvalue weighted by molar-refractivity contribution is 7.09. The summed E-state index contributed by atoms with van der Waals surface area (Å²) in [6.07, 6.45) is 1.38. The summed E-state index contributed by atoms with van der Waals surface area (Å²) in [7, 11) is 4.48. The maximum atomic E-state index is 13.3. The Hall–Kier alpha value is -3.93. The van der Waals surface area contributed by atoms with Crippen molar-refractivity contribution in [3.63, 3.8) is 0 Å². The number of nitrogens with one attached hydrogen (secondary N) is 1. The van der Waals surface area contributed by atoms with Gasteiger partial charge in [0, 0.05) is 36.5 Å². The van der Waals surface area contributed by atoms with Crippen LogP contribution in [-0.4, -0.2) is 62.7 Å². The van der Waals surface area contributed by atoms with Crippen LogP contribution in [0, 0.1) is 0 Å². The molecule has 2 aromatic carbocycles. The Labute approximate surface area is 228 Å². The summed E-state index contributed by atoms with van der Waals surface area (Å²) in [6, 6.07) is 9.63. The van der Waals surface area contributed by atoms with Gasteiger partial charge in [-0.2, -0.15) is 8.78 Å². The number of thiazole rings is 1. The number of amides is 2. The molecule has 12 heteroatoms. The van der Waals surface area contributed by atoms with E-state index < -0.39 is 12.5 Å². The maximum absolute atomic E-state index is 13.3. The highest BCUT2D eigenvalue weighted by Gasteiger charge is 2.30. The lowest BCUT2D eigenvalue weighted by atomic mass is 9.97. The first-order valence-electron chi connectivity index (χ1n) is 12.2. The van der Waals surface area contributed by atoms with Crippen LogP contribution in [-0.2, 0) is 6.54 Å². The molecule has 0 atom stereocenters. The van der Waals surface area contributed by atoms with E-state index in [4.69, 9.17) is 14.2 Å². The van der Waals surface area contributed by atoms with E-state index in [-0.39, 0.29) is 29.8 Å². The number of carbonyl (C=O) groups excluding carboxylic acids is 2. The fraction of sp³-hybridized carbons (Fsp3) is 0.370. The lowest BCUT2D eigenvalue weighted by molar-refractivity contribution is -0.0504. The van der Waals surface area contributed by atoms with Gasteiger partial charge in [0.05, 0.1) is 31.9 Å². The zero-order valence-corrected chi connectivity index (χ0v) is 22.6. The lowest BCUT2D eigenvalue weighted by Gasteiger charge is -2.31. The average Bonchev–Trinajstić information content (AvgIpc) is 3.45. The molecule has 0 spiro atoms. The number of ether oxygens (including phenoxy) is 4. The topological polar surface area (TPSA) is 99.2 Å². The highest BCUT2D eigenvalue weighted by atomic mass is 32.1. The Morgan fingerprint density at radius 3 is 2.41 bits per heavy atom. The second-order valence-electron chi connectivity index (χ2n) is 8.69. The summed E-state index contributed by atoms with van der Waals surface area (Å²) < 4.78 is 46.0. The molecule has 1 aromatic heterocycles. The van der Waals surface area contributed by atoms with Crippen molar-refractivity contribution in [1.29, 1.82) is 0 Å². The molecule has 0 saturated carbocycles. The summed E-state index contributed by atoms with van der Waals surface area (Å²) in [6.45, 7) is -1.90. The number of benzene rings is 2. The fourth-order valence-corrected chi connectivity index (χ4v) is 5.45. The third-order valence-electron chi connectivity index (χ3n) is 6.45. The number of halogens is 2. The molecular weight excluding hydrogens is 532 g/mol. The Morgan fingerprint density at radius 2 is 1.74 bits per heavy atom. The Kier molecular flexibility index (Phi) is 9.18. The molecule has 0 aliphatic carbocycles. The first-order chi connectivity index (χ1) is 18.9. The van der Waals surface area contributed by atoms with Gasteiger partial charge in [0.2, 0.25) is 5.75 Å². The summed E-state index contributed by atoms with van der Waals surface area (Å²) >= 11 is 1.39. The number of hydrogen-bond donors (Lipinski definition) is 1. The van der Waals surface area contributed by atoms with Crippen molar-refractivity contribution in [2.24, 2.45) is 0 Å². The van der Waals surface area contributed by atoms with Gasteiger partial charge in [-0.15, -0.1) is 11.3 Å². The molecule has 4 rings (SSSR count). The van der Waals surface area contributed by atoms with Crippen molar-refractivity contribution < 1.29 is 37.3 Å². The molecule has 9 nitrogen and oxygen atoms in total. The molecule has 39 heavy (non-hydrogen) atoms. The molecule has 1 saturated heterocycles. The van der Waals surface area contributed by atoms with E-state index in [0.717, 1.165) is 5.01 Å². The van der Waals surface area contributed by atoms with Crippen molar-refractivity contribution in [3.05, 3.63) is 63.6 Å². The van der Waals surface area contributed by atoms with Crippen LogP contribution >= 0.6 is 11.3 Å². The minimum Gasteiger partial charge on any atom is -0.493 e. The van der Waals surface area contributed by atoms with Crippen LogP contribution in [0.25, 0.3) is 0 Å². The number of nitrogens with zero attached hydrogens (tertiary/aromatic N) is 2. The van der Waals surface area contributed by atoms with Crippen LogP contribution in [0.2, 0.25) is 0 Å². The molecule has 1 N–H and O–H groups in total. The third kappa shape index (κ3) is 6.39. The predicted molar refractivity (Wildman–Crippen MR) is 140 cm³/mol. The fourth-order valence-electron chi connectivity index (χ4n) is 4.48. The van der Waals surface area contributed by atoms with Gasteiger partial charge in [0.15, 0.2) is 11.5 Å². The molecule has 3 aromatic rings. The largest absolute Gasteiger partial charge is 0.493 e. The van der Waals surface area contributed by atoms with Crippen molar-refractivity contribution in [2.45, 2.75) is 31.9 Å². The molecule has 1 aliphatic heterocycles. The maximum Gasteiger partial charge on any atom is 0.387 e. The van der Waals surface area contributed by atoms with Crippen LogP contribution < -0.4 is 24.3 Å². The van der Waals surface area contributed by atoms with Crippen molar-refractivity contribution >= 4 is 23.2 Å². The molecule has 1 fully saturated rings. The van der Waals surface area contributed by atoms with Crippen molar-refractivity contribution in [1.82, 2.24) is 15.2 Å². The summed E-state index contributed by atoms with van der Waals surface area (Å²) in [5.41, 5.74) is 1.09. The van der Waals surface area contributed by atoms with E-state index in [1.54, 1.807) is 40.6 Å². The summed E-state index contributed by atoms with van der Waals surface area (Å²) in [5, 5.41) is 5.21. The molecule has 0 bridgehead atoms. The van der Waals surface area contributed by atoms with Crippen LogP contribution in [0.5, 0.6) is 23.0 Å². The van der Waals surface area contributed by atoms with Gasteiger partial charge in [0.25, 0.3) is 11.8 Å². The average molecular weight is 562 g/mol. The second-order valence-corrected chi connectivity index (χ2v) is 9.58. The summed E-state index contributed by atoms with van der Waals surface area (Å²) in [5.74, 6) is 0.701. The smallest absolute Gasteiger partial charge is 0.387 e. The molecule has 2 amide bonds. The minimum absolute atomic E-state index is 0.0128. The number of aromatic nitrogens is 1. The molecular formula is C27H29F2N3O6S. The summed E-state index contributed by atoms with van der Waals surface area (Å²) in [4.78, 5) is 32.2. The van der Waals surface area contributed by atoms with Gasteiger partial charge in [-0.1, -0.05) is 18.2 Å². The van der Waals surface area contributed by atoms with E-state index in [0.29, 0.717) is 54.3 Å². The Morgan fingerprint density at radius 1 is 1.03 bits per heavy atom. The number of para-hydroxylation sites is 1. The Balaban J connectivity index is 1.36. The number of rotatable bonds is 10.